The normalized spacial score (nSPS) is 25.3. The Balaban J connectivity index is 1.40. The van der Waals surface area contributed by atoms with E-state index in [9.17, 15) is 9.59 Å². The molecule has 0 aliphatic carbocycles. The summed E-state index contributed by atoms with van der Waals surface area (Å²) in [5.74, 6) is -0.139. The Kier molecular flexibility index (Phi) is 7.30. The van der Waals surface area contributed by atoms with E-state index in [4.69, 9.17) is 14.0 Å². The van der Waals surface area contributed by atoms with Crippen molar-refractivity contribution in [1.29, 1.82) is 0 Å². The molecule has 3 aliphatic rings. The van der Waals surface area contributed by atoms with E-state index in [1.54, 1.807) is 0 Å². The highest BCUT2D eigenvalue weighted by Crippen LogP contribution is 2.36. The summed E-state index contributed by atoms with van der Waals surface area (Å²) in [6.45, 7) is 12.7. The van der Waals surface area contributed by atoms with Crippen LogP contribution in [0.25, 0.3) is 5.70 Å². The van der Waals surface area contributed by atoms with Gasteiger partial charge in [-0.1, -0.05) is 38.1 Å². The first kappa shape index (κ1) is 26.4. The maximum absolute atomic E-state index is 13.4. The van der Waals surface area contributed by atoms with E-state index in [2.05, 4.69) is 28.1 Å². The van der Waals surface area contributed by atoms with Gasteiger partial charge in [0.05, 0.1) is 30.1 Å². The van der Waals surface area contributed by atoms with Crippen molar-refractivity contribution in [3.05, 3.63) is 36.0 Å². The molecule has 2 fully saturated rings. The molecule has 3 atom stereocenters. The average Bonchev–Trinajstić information content (AvgIpc) is 3.54. The summed E-state index contributed by atoms with van der Waals surface area (Å²) in [6, 6.07) is 7.51. The first-order chi connectivity index (χ1) is 16.9. The minimum atomic E-state index is -0.630. The van der Waals surface area contributed by atoms with Gasteiger partial charge in [-0.25, -0.2) is 4.79 Å². The van der Waals surface area contributed by atoms with Gasteiger partial charge in [0.1, 0.15) is 12.2 Å². The SMILES string of the molecule is COC(=O)N[C@H](C(=O)N1CCC[C@H]1C1NC=C(c2ccc(B3OC(C)(C)C(C)(C)O3)cc2)N1)C(C)C. The van der Waals surface area contributed by atoms with Gasteiger partial charge in [0.25, 0.3) is 0 Å². The van der Waals surface area contributed by atoms with Gasteiger partial charge < -0.3 is 34.9 Å². The highest BCUT2D eigenvalue weighted by molar-refractivity contribution is 6.62. The Morgan fingerprint density at radius 3 is 2.36 bits per heavy atom. The number of carbonyl (C=O) groups excluding carboxylic acids is 2. The fourth-order valence-corrected chi connectivity index (χ4v) is 4.89. The number of nitrogens with zero attached hydrogens (tertiary/aromatic N) is 1. The van der Waals surface area contributed by atoms with Crippen LogP contribution in [0.5, 0.6) is 0 Å². The van der Waals surface area contributed by atoms with Gasteiger partial charge >= 0.3 is 13.2 Å². The predicted molar refractivity (Wildman–Crippen MR) is 139 cm³/mol. The predicted octanol–water partition coefficient (Wildman–Crippen LogP) is 2.17. The van der Waals surface area contributed by atoms with Crippen LogP contribution in [0.15, 0.2) is 30.5 Å². The molecule has 196 valence electrons. The molecule has 2 amide bonds. The number of methoxy groups -OCH3 is 1. The van der Waals surface area contributed by atoms with Crippen molar-refractivity contribution < 1.29 is 23.6 Å². The molecule has 2 saturated heterocycles. The minimum absolute atomic E-state index is 0.0315. The Labute approximate surface area is 214 Å². The second-order valence-electron chi connectivity index (χ2n) is 11.2. The second kappa shape index (κ2) is 9.97. The number of carbonyl (C=O) groups is 2. The van der Waals surface area contributed by atoms with Crippen LogP contribution in [-0.4, -0.2) is 67.1 Å². The lowest BCUT2D eigenvalue weighted by molar-refractivity contribution is -0.135. The third-order valence-corrected chi connectivity index (χ3v) is 7.82. The summed E-state index contributed by atoms with van der Waals surface area (Å²) in [7, 11) is 0.906. The summed E-state index contributed by atoms with van der Waals surface area (Å²) in [6.07, 6.45) is 3.05. The minimum Gasteiger partial charge on any atom is -0.453 e. The zero-order chi connectivity index (χ0) is 26.3. The molecule has 3 aliphatic heterocycles. The number of alkyl carbamates (subject to hydrolysis) is 1. The topological polar surface area (TPSA) is 101 Å². The Hall–Kier alpha value is -2.72. The van der Waals surface area contributed by atoms with E-state index >= 15 is 0 Å². The molecule has 1 unspecified atom stereocenters. The zero-order valence-corrected chi connectivity index (χ0v) is 22.4. The molecule has 1 aromatic carbocycles. The molecular weight excluding hydrogens is 459 g/mol. The van der Waals surface area contributed by atoms with E-state index in [0.717, 1.165) is 29.6 Å². The van der Waals surface area contributed by atoms with Gasteiger partial charge in [-0.05, 0) is 57.5 Å². The molecule has 3 heterocycles. The van der Waals surface area contributed by atoms with Crippen LogP contribution < -0.4 is 21.4 Å². The Morgan fingerprint density at radius 1 is 1.14 bits per heavy atom. The molecule has 10 heteroatoms. The smallest absolute Gasteiger partial charge is 0.453 e. The standard InChI is InChI=1S/C26H39BN4O5/c1-16(2)21(30-24(33)34-7)23(32)31-14-8-9-20(31)22-28-15-19(29-22)17-10-12-18(13-11-17)27-35-25(3,4)26(5,6)36-27/h10-13,15-16,20-22,28-29H,8-9,14H2,1-7H3,(H,30,33)/t20-,21-,22?/m0/s1. The summed E-state index contributed by atoms with van der Waals surface area (Å²) < 4.78 is 17.1. The first-order valence-corrected chi connectivity index (χ1v) is 12.8. The zero-order valence-electron chi connectivity index (χ0n) is 22.4. The monoisotopic (exact) mass is 498 g/mol. The highest BCUT2D eigenvalue weighted by Gasteiger charge is 2.51. The second-order valence-corrected chi connectivity index (χ2v) is 11.2. The summed E-state index contributed by atoms with van der Waals surface area (Å²) in [5.41, 5.74) is 2.22. The summed E-state index contributed by atoms with van der Waals surface area (Å²) in [5, 5.41) is 9.67. The fraction of sp³-hybridized carbons (Fsp3) is 0.615. The van der Waals surface area contributed by atoms with Gasteiger partial charge in [0.2, 0.25) is 5.91 Å². The molecular formula is C26H39BN4O5. The number of likely N-dealkylation sites (tertiary alicyclic amines) is 1. The third kappa shape index (κ3) is 5.06. The fourth-order valence-electron chi connectivity index (χ4n) is 4.89. The summed E-state index contributed by atoms with van der Waals surface area (Å²) in [4.78, 5) is 27.1. The van der Waals surface area contributed by atoms with E-state index < -0.39 is 19.3 Å². The number of amides is 2. The van der Waals surface area contributed by atoms with Gasteiger partial charge in [0, 0.05) is 12.7 Å². The van der Waals surface area contributed by atoms with Crippen LogP contribution in [0.3, 0.4) is 0 Å². The van der Waals surface area contributed by atoms with Crippen LogP contribution in [0.1, 0.15) is 59.9 Å². The van der Waals surface area contributed by atoms with Crippen molar-refractivity contribution in [2.45, 2.75) is 83.8 Å². The maximum Gasteiger partial charge on any atom is 0.494 e. The van der Waals surface area contributed by atoms with E-state index in [1.165, 1.54) is 7.11 Å². The molecule has 0 bridgehead atoms. The third-order valence-electron chi connectivity index (χ3n) is 7.82. The highest BCUT2D eigenvalue weighted by atomic mass is 16.7. The van der Waals surface area contributed by atoms with Crippen molar-refractivity contribution >= 4 is 30.3 Å². The number of ether oxygens (including phenoxy) is 1. The molecule has 0 radical (unpaired) electrons. The summed E-state index contributed by atoms with van der Waals surface area (Å²) >= 11 is 0. The number of nitrogens with one attached hydrogen (secondary N) is 3. The molecule has 0 saturated carbocycles. The molecule has 4 rings (SSSR count). The Morgan fingerprint density at radius 2 is 1.78 bits per heavy atom. The lowest BCUT2D eigenvalue weighted by Gasteiger charge is -2.34. The van der Waals surface area contributed by atoms with Crippen LogP contribution in [-0.2, 0) is 18.8 Å². The van der Waals surface area contributed by atoms with Crippen molar-refractivity contribution in [3.8, 4) is 0 Å². The molecule has 9 nitrogen and oxygen atoms in total. The lowest BCUT2D eigenvalue weighted by Crippen LogP contribution is -2.57. The largest absolute Gasteiger partial charge is 0.494 e. The van der Waals surface area contributed by atoms with Gasteiger partial charge in [-0.2, -0.15) is 0 Å². The molecule has 1 aromatic rings. The van der Waals surface area contributed by atoms with E-state index in [-0.39, 0.29) is 35.2 Å². The Bertz CT molecular complexity index is 994. The number of rotatable bonds is 6. The van der Waals surface area contributed by atoms with Gasteiger partial charge in [-0.3, -0.25) is 4.79 Å². The first-order valence-electron chi connectivity index (χ1n) is 12.8. The van der Waals surface area contributed by atoms with Crippen molar-refractivity contribution in [2.75, 3.05) is 13.7 Å². The molecule has 3 N–H and O–H groups in total. The van der Waals surface area contributed by atoms with Crippen LogP contribution >= 0.6 is 0 Å². The van der Waals surface area contributed by atoms with Crippen LogP contribution in [0.2, 0.25) is 0 Å². The quantitative estimate of drug-likeness (QED) is 0.517. The number of hydrogen-bond acceptors (Lipinski definition) is 7. The van der Waals surface area contributed by atoms with E-state index in [0.29, 0.717) is 6.54 Å². The lowest BCUT2D eigenvalue weighted by atomic mass is 9.79. The maximum atomic E-state index is 13.4. The van der Waals surface area contributed by atoms with Crippen LogP contribution in [0.4, 0.5) is 4.79 Å². The van der Waals surface area contributed by atoms with E-state index in [1.807, 2.05) is 64.8 Å². The number of hydrogen-bond donors (Lipinski definition) is 3. The number of benzene rings is 1. The van der Waals surface area contributed by atoms with Crippen LogP contribution in [0, 0.1) is 5.92 Å². The molecule has 0 spiro atoms. The molecule has 0 aromatic heterocycles. The van der Waals surface area contributed by atoms with Gasteiger partial charge in [0.15, 0.2) is 0 Å². The van der Waals surface area contributed by atoms with Crippen molar-refractivity contribution in [3.63, 3.8) is 0 Å². The van der Waals surface area contributed by atoms with Crippen molar-refractivity contribution in [1.82, 2.24) is 20.9 Å². The van der Waals surface area contributed by atoms with Crippen molar-refractivity contribution in [2.24, 2.45) is 5.92 Å². The molecule has 36 heavy (non-hydrogen) atoms. The van der Waals surface area contributed by atoms with Gasteiger partial charge in [-0.15, -0.1) is 0 Å². The average molecular weight is 498 g/mol.